The number of hydrogen-bond donors (Lipinski definition) is 2. The van der Waals surface area contributed by atoms with Gasteiger partial charge in [-0.1, -0.05) is 15.9 Å². The summed E-state index contributed by atoms with van der Waals surface area (Å²) in [5, 5.41) is 3.80. The lowest BCUT2D eigenvalue weighted by Crippen LogP contribution is -2.38. The fraction of sp³-hybridized carbons (Fsp3) is 0.333. The van der Waals surface area contributed by atoms with Crippen LogP contribution in [0.3, 0.4) is 0 Å². The van der Waals surface area contributed by atoms with Gasteiger partial charge in [0.2, 0.25) is 5.91 Å². The molecule has 112 valence electrons. The van der Waals surface area contributed by atoms with Gasteiger partial charge >= 0.3 is 0 Å². The molecular formula is C15H19BrN4O. The van der Waals surface area contributed by atoms with Crippen LogP contribution in [0.5, 0.6) is 0 Å². The van der Waals surface area contributed by atoms with Crippen LogP contribution in [0, 0.1) is 0 Å². The lowest BCUT2D eigenvalue weighted by atomic mass is 10.1. The fourth-order valence-corrected chi connectivity index (χ4v) is 2.62. The summed E-state index contributed by atoms with van der Waals surface area (Å²) < 4.78 is 0.948. The third kappa shape index (κ3) is 3.64. The molecule has 2 rings (SSSR count). The number of fused-ring (bicyclic) bond motifs is 1. The van der Waals surface area contributed by atoms with E-state index in [0.717, 1.165) is 21.1 Å². The van der Waals surface area contributed by atoms with Crippen molar-refractivity contribution in [3.8, 4) is 0 Å². The predicted molar refractivity (Wildman–Crippen MR) is 90.4 cm³/mol. The van der Waals surface area contributed by atoms with Crippen molar-refractivity contribution >= 4 is 44.1 Å². The summed E-state index contributed by atoms with van der Waals surface area (Å²) in [4.78, 5) is 18.1. The molecule has 0 aliphatic rings. The number of hydrogen-bond acceptors (Lipinski definition) is 4. The predicted octanol–water partition coefficient (Wildman–Crippen LogP) is 2.54. The Morgan fingerprint density at radius 1 is 1.48 bits per heavy atom. The van der Waals surface area contributed by atoms with E-state index in [1.165, 1.54) is 0 Å². The van der Waals surface area contributed by atoms with Gasteiger partial charge in [0.1, 0.15) is 0 Å². The smallest absolute Gasteiger partial charge is 0.239 e. The average molecular weight is 351 g/mol. The number of halogens is 1. The van der Waals surface area contributed by atoms with Crippen LogP contribution in [0.25, 0.3) is 10.9 Å². The summed E-state index contributed by atoms with van der Waals surface area (Å²) >= 11 is 3.46. The summed E-state index contributed by atoms with van der Waals surface area (Å²) in [5.41, 5.74) is 8.28. The minimum Gasteiger partial charge on any atom is -0.396 e. The molecule has 0 saturated carbocycles. The Balaban J connectivity index is 2.38. The van der Waals surface area contributed by atoms with E-state index in [1.54, 1.807) is 6.20 Å². The van der Waals surface area contributed by atoms with Gasteiger partial charge < -0.3 is 16.0 Å². The molecule has 21 heavy (non-hydrogen) atoms. The highest BCUT2D eigenvalue weighted by Crippen LogP contribution is 2.32. The second kappa shape index (κ2) is 6.30. The number of aromatic nitrogens is 1. The molecular weight excluding hydrogens is 332 g/mol. The highest BCUT2D eigenvalue weighted by molar-refractivity contribution is 9.10. The minimum atomic E-state index is -0.0353. The first-order valence-electron chi connectivity index (χ1n) is 6.72. The highest BCUT2D eigenvalue weighted by Gasteiger charge is 2.15. The second-order valence-electron chi connectivity index (χ2n) is 5.30. The van der Waals surface area contributed by atoms with Crippen LogP contribution < -0.4 is 16.0 Å². The topological polar surface area (TPSA) is 71.2 Å². The molecule has 5 nitrogen and oxygen atoms in total. The second-order valence-corrected chi connectivity index (χ2v) is 6.22. The maximum Gasteiger partial charge on any atom is 0.239 e. The van der Waals surface area contributed by atoms with Crippen molar-refractivity contribution in [1.82, 2.24) is 10.3 Å². The number of nitrogens with one attached hydrogen (secondary N) is 1. The first kappa shape index (κ1) is 15.6. The number of benzene rings is 1. The molecule has 0 bridgehead atoms. The summed E-state index contributed by atoms with van der Waals surface area (Å²) in [6.07, 6.45) is 1.63. The van der Waals surface area contributed by atoms with Crippen molar-refractivity contribution in [2.45, 2.75) is 19.9 Å². The third-order valence-electron chi connectivity index (χ3n) is 3.04. The first-order chi connectivity index (χ1) is 9.88. The van der Waals surface area contributed by atoms with Gasteiger partial charge in [-0.25, -0.2) is 0 Å². The lowest BCUT2D eigenvalue weighted by Gasteiger charge is -2.23. The van der Waals surface area contributed by atoms with E-state index < -0.39 is 0 Å². The SMILES string of the molecule is CC(C)NC(=O)CN(C)c1c(N)cnc2ccc(Br)cc12. The molecule has 0 unspecified atom stereocenters. The van der Waals surface area contributed by atoms with Crippen molar-refractivity contribution in [3.05, 3.63) is 28.9 Å². The highest BCUT2D eigenvalue weighted by atomic mass is 79.9. The Labute approximate surface area is 132 Å². The van der Waals surface area contributed by atoms with Crippen LogP contribution in [-0.4, -0.2) is 30.5 Å². The third-order valence-corrected chi connectivity index (χ3v) is 3.54. The number of carbonyl (C=O) groups is 1. The van der Waals surface area contributed by atoms with Crippen molar-refractivity contribution in [2.24, 2.45) is 0 Å². The summed E-state index contributed by atoms with van der Waals surface area (Å²) in [5.74, 6) is -0.0353. The number of nitrogen functional groups attached to an aromatic ring is 1. The molecule has 0 fully saturated rings. The summed E-state index contributed by atoms with van der Waals surface area (Å²) in [6.45, 7) is 4.12. The van der Waals surface area contributed by atoms with Gasteiger partial charge in [0.25, 0.3) is 0 Å². The molecule has 2 aromatic rings. The molecule has 0 spiro atoms. The number of anilines is 2. The molecule has 0 atom stereocenters. The standard InChI is InChI=1S/C15H19BrN4O/c1-9(2)19-14(21)8-20(3)15-11-6-10(16)4-5-13(11)18-7-12(15)17/h4-7,9H,8,17H2,1-3H3,(H,19,21). The normalized spacial score (nSPS) is 10.9. The zero-order valence-electron chi connectivity index (χ0n) is 12.4. The molecule has 0 aliphatic carbocycles. The number of pyridine rings is 1. The van der Waals surface area contributed by atoms with E-state index in [1.807, 2.05) is 44.0 Å². The average Bonchev–Trinajstić information content (AvgIpc) is 2.36. The zero-order valence-corrected chi connectivity index (χ0v) is 13.9. The Morgan fingerprint density at radius 3 is 2.86 bits per heavy atom. The first-order valence-corrected chi connectivity index (χ1v) is 7.52. The maximum absolute atomic E-state index is 11.9. The maximum atomic E-state index is 11.9. The van der Waals surface area contributed by atoms with E-state index >= 15 is 0 Å². The van der Waals surface area contributed by atoms with Crippen LogP contribution in [-0.2, 0) is 4.79 Å². The fourth-order valence-electron chi connectivity index (χ4n) is 2.25. The van der Waals surface area contributed by atoms with E-state index in [2.05, 4.69) is 26.2 Å². The largest absolute Gasteiger partial charge is 0.396 e. The number of nitrogens with two attached hydrogens (primary N) is 1. The van der Waals surface area contributed by atoms with E-state index in [4.69, 9.17) is 5.73 Å². The summed E-state index contributed by atoms with van der Waals surface area (Å²) in [6, 6.07) is 5.93. The number of rotatable bonds is 4. The van der Waals surface area contributed by atoms with Crippen molar-refractivity contribution in [3.63, 3.8) is 0 Å². The van der Waals surface area contributed by atoms with Crippen LogP contribution >= 0.6 is 15.9 Å². The number of amides is 1. The quantitative estimate of drug-likeness (QED) is 0.888. The Hall–Kier alpha value is -1.82. The summed E-state index contributed by atoms with van der Waals surface area (Å²) in [7, 11) is 1.85. The molecule has 3 N–H and O–H groups in total. The molecule has 0 aliphatic heterocycles. The van der Waals surface area contributed by atoms with Crippen molar-refractivity contribution in [1.29, 1.82) is 0 Å². The lowest BCUT2D eigenvalue weighted by molar-refractivity contribution is -0.120. The molecule has 1 amide bonds. The van der Waals surface area contributed by atoms with Gasteiger partial charge in [0, 0.05) is 22.9 Å². The van der Waals surface area contributed by atoms with Crippen LogP contribution in [0.2, 0.25) is 0 Å². The molecule has 0 saturated heterocycles. The monoisotopic (exact) mass is 350 g/mol. The van der Waals surface area contributed by atoms with Gasteiger partial charge in [-0.3, -0.25) is 9.78 Å². The number of nitrogens with zero attached hydrogens (tertiary/aromatic N) is 2. The molecule has 1 aromatic carbocycles. The minimum absolute atomic E-state index is 0.0353. The van der Waals surface area contributed by atoms with E-state index in [-0.39, 0.29) is 18.5 Å². The Kier molecular flexibility index (Phi) is 4.67. The van der Waals surface area contributed by atoms with Gasteiger partial charge in [0.05, 0.1) is 29.6 Å². The van der Waals surface area contributed by atoms with E-state index in [0.29, 0.717) is 5.69 Å². The van der Waals surface area contributed by atoms with Gasteiger partial charge in [-0.05, 0) is 32.0 Å². The van der Waals surface area contributed by atoms with Gasteiger partial charge in [0.15, 0.2) is 0 Å². The zero-order chi connectivity index (χ0) is 15.6. The Bertz CT molecular complexity index is 667. The van der Waals surface area contributed by atoms with Crippen LogP contribution in [0.15, 0.2) is 28.9 Å². The number of carbonyl (C=O) groups excluding carboxylic acids is 1. The van der Waals surface area contributed by atoms with Crippen LogP contribution in [0.4, 0.5) is 11.4 Å². The van der Waals surface area contributed by atoms with Crippen LogP contribution in [0.1, 0.15) is 13.8 Å². The molecule has 1 heterocycles. The molecule has 0 radical (unpaired) electrons. The van der Waals surface area contributed by atoms with E-state index in [9.17, 15) is 4.79 Å². The Morgan fingerprint density at radius 2 is 2.19 bits per heavy atom. The number of likely N-dealkylation sites (N-methyl/N-ethyl adjacent to an activating group) is 1. The van der Waals surface area contributed by atoms with Gasteiger partial charge in [-0.15, -0.1) is 0 Å². The van der Waals surface area contributed by atoms with Crippen molar-refractivity contribution < 1.29 is 4.79 Å². The molecule has 1 aromatic heterocycles. The molecule has 6 heteroatoms. The van der Waals surface area contributed by atoms with Gasteiger partial charge in [-0.2, -0.15) is 0 Å². The van der Waals surface area contributed by atoms with Crippen molar-refractivity contribution in [2.75, 3.05) is 24.2 Å².